The van der Waals surface area contributed by atoms with Crippen molar-refractivity contribution in [1.82, 2.24) is 9.88 Å². The van der Waals surface area contributed by atoms with E-state index in [1.807, 2.05) is 65.7 Å². The van der Waals surface area contributed by atoms with Gasteiger partial charge in [-0.05, 0) is 65.8 Å². The molecule has 0 aliphatic carbocycles. The molecular weight excluding hydrogens is 348 g/mol. The van der Waals surface area contributed by atoms with E-state index in [-0.39, 0.29) is 5.91 Å². The maximum atomic E-state index is 13.0. The Kier molecular flexibility index (Phi) is 5.38. The fraction of sp³-hybridized carbons (Fsp3) is 0.250. The van der Waals surface area contributed by atoms with Crippen molar-refractivity contribution in [1.29, 1.82) is 0 Å². The second-order valence-electron chi connectivity index (χ2n) is 7.28. The van der Waals surface area contributed by atoms with E-state index in [9.17, 15) is 4.79 Å². The molecule has 1 fully saturated rings. The maximum absolute atomic E-state index is 13.0. The van der Waals surface area contributed by atoms with Gasteiger partial charge in [0.2, 0.25) is 0 Å². The van der Waals surface area contributed by atoms with Gasteiger partial charge in [-0.25, -0.2) is 0 Å². The van der Waals surface area contributed by atoms with Gasteiger partial charge in [0.25, 0.3) is 5.91 Å². The Morgan fingerprint density at radius 3 is 2.71 bits per heavy atom. The second-order valence-corrected chi connectivity index (χ2v) is 7.28. The summed E-state index contributed by atoms with van der Waals surface area (Å²) in [6.07, 6.45) is 5.73. The maximum Gasteiger partial charge on any atom is 0.253 e. The highest BCUT2D eigenvalue weighted by atomic mass is 16.5. The Morgan fingerprint density at radius 2 is 1.93 bits per heavy atom. The van der Waals surface area contributed by atoms with Crippen molar-refractivity contribution in [3.05, 3.63) is 84.2 Å². The molecule has 1 aliphatic heterocycles. The van der Waals surface area contributed by atoms with E-state index in [4.69, 9.17) is 4.74 Å². The quantitative estimate of drug-likeness (QED) is 0.664. The first-order valence-corrected chi connectivity index (χ1v) is 9.65. The minimum absolute atomic E-state index is 0.110. The Hall–Kier alpha value is -3.14. The van der Waals surface area contributed by atoms with Crippen molar-refractivity contribution < 1.29 is 9.53 Å². The van der Waals surface area contributed by atoms with Crippen molar-refractivity contribution in [3.63, 3.8) is 0 Å². The van der Waals surface area contributed by atoms with E-state index in [0.717, 1.165) is 48.4 Å². The van der Waals surface area contributed by atoms with Gasteiger partial charge >= 0.3 is 0 Å². The number of ether oxygens (including phenoxy) is 1. The number of likely N-dealkylation sites (tertiary alicyclic amines) is 1. The van der Waals surface area contributed by atoms with Gasteiger partial charge in [0.15, 0.2) is 0 Å². The molecule has 4 heteroatoms. The largest absolute Gasteiger partial charge is 0.497 e. The first kappa shape index (κ1) is 18.2. The zero-order chi connectivity index (χ0) is 19.3. The Labute approximate surface area is 165 Å². The van der Waals surface area contributed by atoms with Crippen LogP contribution in [0.15, 0.2) is 73.1 Å². The summed E-state index contributed by atoms with van der Waals surface area (Å²) < 4.78 is 5.32. The number of hydrogen-bond acceptors (Lipinski definition) is 3. The number of carbonyl (C=O) groups is 1. The Bertz CT molecular complexity index is 956. The number of rotatable bonds is 5. The molecule has 4 rings (SSSR count). The summed E-state index contributed by atoms with van der Waals surface area (Å²) in [4.78, 5) is 19.2. The molecule has 0 saturated carbocycles. The second kappa shape index (κ2) is 8.26. The molecule has 142 valence electrons. The zero-order valence-electron chi connectivity index (χ0n) is 16.0. The van der Waals surface area contributed by atoms with Crippen molar-refractivity contribution in [2.45, 2.75) is 12.8 Å². The van der Waals surface area contributed by atoms with Crippen molar-refractivity contribution in [2.24, 2.45) is 5.92 Å². The summed E-state index contributed by atoms with van der Waals surface area (Å²) in [5, 5.41) is 0. The Morgan fingerprint density at radius 1 is 1.11 bits per heavy atom. The van der Waals surface area contributed by atoms with Gasteiger partial charge in [-0.15, -0.1) is 0 Å². The number of nitrogens with zero attached hydrogens (tertiary/aromatic N) is 2. The molecule has 2 aromatic carbocycles. The van der Waals surface area contributed by atoms with Gasteiger partial charge in [0.1, 0.15) is 5.75 Å². The highest BCUT2D eigenvalue weighted by Gasteiger charge is 2.27. The monoisotopic (exact) mass is 372 g/mol. The van der Waals surface area contributed by atoms with E-state index in [1.165, 1.54) is 5.56 Å². The third kappa shape index (κ3) is 4.06. The molecule has 1 saturated heterocycles. The molecule has 4 nitrogen and oxygen atoms in total. The summed E-state index contributed by atoms with van der Waals surface area (Å²) in [6.45, 7) is 1.62. The van der Waals surface area contributed by atoms with E-state index >= 15 is 0 Å². The molecule has 1 aromatic heterocycles. The van der Waals surface area contributed by atoms with Gasteiger partial charge in [-0.1, -0.05) is 30.3 Å². The molecule has 0 N–H and O–H groups in total. The lowest BCUT2D eigenvalue weighted by Gasteiger charge is -2.17. The zero-order valence-corrected chi connectivity index (χ0v) is 16.0. The molecular formula is C24H24N2O2. The predicted octanol–water partition coefficient (Wildman–Crippen LogP) is 4.46. The number of benzene rings is 2. The summed E-state index contributed by atoms with van der Waals surface area (Å²) in [6, 6.07) is 19.8. The smallest absolute Gasteiger partial charge is 0.253 e. The average molecular weight is 372 g/mol. The first-order valence-electron chi connectivity index (χ1n) is 9.65. The molecule has 2 heterocycles. The molecule has 1 atom stereocenters. The summed E-state index contributed by atoms with van der Waals surface area (Å²) in [5.41, 5.74) is 4.05. The third-order valence-corrected chi connectivity index (χ3v) is 5.33. The number of carbonyl (C=O) groups excluding carboxylic acids is 1. The van der Waals surface area contributed by atoms with E-state index in [2.05, 4.69) is 11.1 Å². The van der Waals surface area contributed by atoms with E-state index in [1.54, 1.807) is 13.3 Å². The van der Waals surface area contributed by atoms with Crippen LogP contribution in [0, 0.1) is 5.92 Å². The SMILES string of the molecule is COc1cccc(-c2cccc(C(=O)N3CCC(Cc4cccnc4)C3)c2)c1. The molecule has 3 aromatic rings. The first-order chi connectivity index (χ1) is 13.7. The van der Waals surface area contributed by atoms with Gasteiger partial charge in [-0.3, -0.25) is 9.78 Å². The molecule has 1 unspecified atom stereocenters. The molecule has 1 aliphatic rings. The van der Waals surface area contributed by atoms with Crippen molar-refractivity contribution in [2.75, 3.05) is 20.2 Å². The Balaban J connectivity index is 1.46. The topological polar surface area (TPSA) is 42.4 Å². The lowest BCUT2D eigenvalue weighted by molar-refractivity contribution is 0.0787. The van der Waals surface area contributed by atoms with Crippen molar-refractivity contribution in [3.8, 4) is 16.9 Å². The standard InChI is InChI=1S/C24H24N2O2/c1-28-23-9-3-7-21(15-23)20-6-2-8-22(14-20)24(27)26-12-10-19(17-26)13-18-5-4-11-25-16-18/h2-9,11,14-16,19H,10,12-13,17H2,1H3. The highest BCUT2D eigenvalue weighted by molar-refractivity contribution is 5.95. The number of amides is 1. The molecule has 0 spiro atoms. The van der Waals surface area contributed by atoms with Gasteiger partial charge in [0.05, 0.1) is 7.11 Å². The van der Waals surface area contributed by atoms with Crippen LogP contribution >= 0.6 is 0 Å². The minimum Gasteiger partial charge on any atom is -0.497 e. The molecule has 0 bridgehead atoms. The van der Waals surface area contributed by atoms with Crippen LogP contribution in [0.2, 0.25) is 0 Å². The van der Waals surface area contributed by atoms with Crippen LogP contribution in [0.5, 0.6) is 5.75 Å². The fourth-order valence-corrected chi connectivity index (χ4v) is 3.85. The fourth-order valence-electron chi connectivity index (χ4n) is 3.85. The molecule has 28 heavy (non-hydrogen) atoms. The molecule has 1 amide bonds. The lowest BCUT2D eigenvalue weighted by Crippen LogP contribution is -2.28. The van der Waals surface area contributed by atoms with Crippen molar-refractivity contribution >= 4 is 5.91 Å². The number of methoxy groups -OCH3 is 1. The van der Waals surface area contributed by atoms with E-state index < -0.39 is 0 Å². The van der Waals surface area contributed by atoms with Gasteiger partial charge in [-0.2, -0.15) is 0 Å². The predicted molar refractivity (Wildman–Crippen MR) is 110 cm³/mol. The third-order valence-electron chi connectivity index (χ3n) is 5.33. The van der Waals surface area contributed by atoms with Gasteiger partial charge < -0.3 is 9.64 Å². The number of pyridine rings is 1. The average Bonchev–Trinajstić information content (AvgIpc) is 3.22. The van der Waals surface area contributed by atoms with Gasteiger partial charge in [0, 0.05) is 31.0 Å². The van der Waals surface area contributed by atoms with Crippen LogP contribution in [-0.4, -0.2) is 36.0 Å². The highest BCUT2D eigenvalue weighted by Crippen LogP contribution is 2.26. The van der Waals surface area contributed by atoms with Crippen LogP contribution in [0.1, 0.15) is 22.3 Å². The molecule has 0 radical (unpaired) electrons. The van der Waals surface area contributed by atoms with Crippen LogP contribution in [0.4, 0.5) is 0 Å². The normalized spacial score (nSPS) is 16.2. The summed E-state index contributed by atoms with van der Waals surface area (Å²) in [7, 11) is 1.66. The van der Waals surface area contributed by atoms with Crippen LogP contribution in [-0.2, 0) is 6.42 Å². The van der Waals surface area contributed by atoms with Crippen LogP contribution in [0.3, 0.4) is 0 Å². The van der Waals surface area contributed by atoms with E-state index in [0.29, 0.717) is 5.92 Å². The number of aromatic nitrogens is 1. The summed E-state index contributed by atoms with van der Waals surface area (Å²) >= 11 is 0. The lowest BCUT2D eigenvalue weighted by atomic mass is 10.00. The van der Waals surface area contributed by atoms with Crippen LogP contribution < -0.4 is 4.74 Å². The number of hydrogen-bond donors (Lipinski definition) is 0. The minimum atomic E-state index is 0.110. The van der Waals surface area contributed by atoms with Crippen LogP contribution in [0.25, 0.3) is 11.1 Å². The summed E-state index contributed by atoms with van der Waals surface area (Å²) in [5.74, 6) is 1.42.